The first-order valence-corrected chi connectivity index (χ1v) is 5.22. The van der Waals surface area contributed by atoms with Gasteiger partial charge in [0.05, 0.1) is 12.7 Å². The quantitative estimate of drug-likeness (QED) is 0.774. The van der Waals surface area contributed by atoms with E-state index in [0.717, 1.165) is 18.7 Å². The van der Waals surface area contributed by atoms with Crippen molar-refractivity contribution in [2.45, 2.75) is 12.8 Å². The third-order valence-corrected chi connectivity index (χ3v) is 2.95. The number of rotatable bonds is 2. The molecule has 16 heavy (non-hydrogen) atoms. The molecule has 0 saturated carbocycles. The van der Waals surface area contributed by atoms with Gasteiger partial charge >= 0.3 is 5.97 Å². The minimum Gasteiger partial charge on any atom is -0.465 e. The summed E-state index contributed by atoms with van der Waals surface area (Å²) < 4.78 is 18.3. The van der Waals surface area contributed by atoms with Crippen LogP contribution in [-0.2, 0) is 4.74 Å². The molecule has 0 aliphatic carbocycles. The van der Waals surface area contributed by atoms with Gasteiger partial charge in [0.15, 0.2) is 0 Å². The van der Waals surface area contributed by atoms with Gasteiger partial charge in [-0.3, -0.25) is 0 Å². The zero-order valence-electron chi connectivity index (χ0n) is 9.34. The molecule has 0 spiro atoms. The van der Waals surface area contributed by atoms with Crippen LogP contribution in [0.5, 0.6) is 0 Å². The van der Waals surface area contributed by atoms with Crippen molar-refractivity contribution in [2.75, 3.05) is 20.2 Å². The molecule has 0 atom stereocenters. The van der Waals surface area contributed by atoms with Crippen LogP contribution in [0.2, 0.25) is 0 Å². The zero-order valence-corrected chi connectivity index (χ0v) is 9.34. The first-order chi connectivity index (χ1) is 7.63. The molecule has 2 rings (SSSR count). The van der Waals surface area contributed by atoms with Gasteiger partial charge < -0.3 is 10.1 Å². The van der Waals surface area contributed by atoms with Crippen molar-refractivity contribution in [3.05, 3.63) is 34.6 Å². The standard InChI is InChI=1S/C12H14FNO2/c1-7-3-8(9-5-14-6-9)4-10(13)11(7)12(15)16-2/h3-4,9,14H,5-6H2,1-2H3. The van der Waals surface area contributed by atoms with Gasteiger partial charge in [-0.05, 0) is 24.1 Å². The molecule has 4 heteroatoms. The summed E-state index contributed by atoms with van der Waals surface area (Å²) in [6, 6.07) is 3.30. The first kappa shape index (κ1) is 11.1. The van der Waals surface area contributed by atoms with E-state index in [1.807, 2.05) is 6.07 Å². The van der Waals surface area contributed by atoms with E-state index in [-0.39, 0.29) is 5.56 Å². The van der Waals surface area contributed by atoms with Crippen LogP contribution in [-0.4, -0.2) is 26.2 Å². The van der Waals surface area contributed by atoms with Crippen LogP contribution in [0.15, 0.2) is 12.1 Å². The molecule has 0 unspecified atom stereocenters. The van der Waals surface area contributed by atoms with E-state index in [1.165, 1.54) is 13.2 Å². The van der Waals surface area contributed by atoms with Crippen LogP contribution in [0.4, 0.5) is 4.39 Å². The maximum Gasteiger partial charge on any atom is 0.341 e. The summed E-state index contributed by atoms with van der Waals surface area (Å²) in [7, 11) is 1.25. The fourth-order valence-corrected chi connectivity index (χ4v) is 1.89. The topological polar surface area (TPSA) is 38.3 Å². The van der Waals surface area contributed by atoms with Gasteiger partial charge in [0.2, 0.25) is 0 Å². The van der Waals surface area contributed by atoms with E-state index in [4.69, 9.17) is 0 Å². The molecule has 0 amide bonds. The lowest BCUT2D eigenvalue weighted by atomic mass is 9.91. The molecule has 0 radical (unpaired) electrons. The molecule has 1 aromatic rings. The van der Waals surface area contributed by atoms with Crippen molar-refractivity contribution in [2.24, 2.45) is 0 Å². The zero-order chi connectivity index (χ0) is 11.7. The Morgan fingerprint density at radius 3 is 2.62 bits per heavy atom. The summed E-state index contributed by atoms with van der Waals surface area (Å²) in [6.45, 7) is 3.47. The lowest BCUT2D eigenvalue weighted by Gasteiger charge is -2.28. The summed E-state index contributed by atoms with van der Waals surface area (Å²) in [5.74, 6) is -0.748. The predicted molar refractivity (Wildman–Crippen MR) is 58.1 cm³/mol. The second kappa shape index (κ2) is 4.22. The van der Waals surface area contributed by atoms with Crippen LogP contribution in [0.3, 0.4) is 0 Å². The molecule has 0 bridgehead atoms. The lowest BCUT2D eigenvalue weighted by Crippen LogP contribution is -2.40. The molecule has 0 aromatic heterocycles. The predicted octanol–water partition coefficient (Wildman–Crippen LogP) is 1.61. The van der Waals surface area contributed by atoms with Gasteiger partial charge in [0, 0.05) is 19.0 Å². The van der Waals surface area contributed by atoms with Gasteiger partial charge in [-0.25, -0.2) is 9.18 Å². The lowest BCUT2D eigenvalue weighted by molar-refractivity contribution is 0.0594. The number of benzene rings is 1. The maximum atomic E-state index is 13.7. The molecule has 1 fully saturated rings. The average molecular weight is 223 g/mol. The highest BCUT2D eigenvalue weighted by atomic mass is 19.1. The van der Waals surface area contributed by atoms with Crippen molar-refractivity contribution < 1.29 is 13.9 Å². The fourth-order valence-electron chi connectivity index (χ4n) is 1.89. The molecule has 1 aliphatic rings. The molecular formula is C12H14FNO2. The molecule has 1 aliphatic heterocycles. The molecule has 1 heterocycles. The third-order valence-electron chi connectivity index (χ3n) is 2.95. The Morgan fingerprint density at radius 2 is 2.19 bits per heavy atom. The number of carbonyl (C=O) groups excluding carboxylic acids is 1. The number of ether oxygens (including phenoxy) is 1. The number of hydrogen-bond donors (Lipinski definition) is 1. The number of halogens is 1. The SMILES string of the molecule is COC(=O)c1c(C)cc(C2CNC2)cc1F. The van der Waals surface area contributed by atoms with Crippen LogP contribution >= 0.6 is 0 Å². The molecule has 1 saturated heterocycles. The summed E-state index contributed by atoms with van der Waals surface area (Å²) in [6.07, 6.45) is 0. The molecule has 1 aromatic carbocycles. The summed E-state index contributed by atoms with van der Waals surface area (Å²) in [4.78, 5) is 11.3. The second-order valence-corrected chi connectivity index (χ2v) is 4.04. The number of hydrogen-bond acceptors (Lipinski definition) is 3. The highest BCUT2D eigenvalue weighted by Gasteiger charge is 2.23. The van der Waals surface area contributed by atoms with Gasteiger partial charge in [-0.15, -0.1) is 0 Å². The largest absolute Gasteiger partial charge is 0.465 e. The van der Waals surface area contributed by atoms with E-state index < -0.39 is 11.8 Å². The molecular weight excluding hydrogens is 209 g/mol. The van der Waals surface area contributed by atoms with Gasteiger partial charge in [0.25, 0.3) is 0 Å². The minimum absolute atomic E-state index is 0.0403. The van der Waals surface area contributed by atoms with E-state index in [2.05, 4.69) is 10.1 Å². The normalized spacial score (nSPS) is 15.7. The van der Waals surface area contributed by atoms with E-state index in [1.54, 1.807) is 6.92 Å². The number of nitrogens with one attached hydrogen (secondary N) is 1. The van der Waals surface area contributed by atoms with Crippen LogP contribution in [0, 0.1) is 12.7 Å². The van der Waals surface area contributed by atoms with Crippen molar-refractivity contribution in [1.29, 1.82) is 0 Å². The third kappa shape index (κ3) is 1.80. The van der Waals surface area contributed by atoms with Crippen molar-refractivity contribution in [3.8, 4) is 0 Å². The average Bonchev–Trinajstić information content (AvgIpc) is 2.13. The maximum absolute atomic E-state index is 13.7. The Labute approximate surface area is 93.6 Å². The Hall–Kier alpha value is -1.42. The van der Waals surface area contributed by atoms with Gasteiger partial charge in [-0.2, -0.15) is 0 Å². The molecule has 86 valence electrons. The smallest absolute Gasteiger partial charge is 0.341 e. The number of esters is 1. The minimum atomic E-state index is -0.617. The first-order valence-electron chi connectivity index (χ1n) is 5.22. The van der Waals surface area contributed by atoms with Crippen molar-refractivity contribution in [1.82, 2.24) is 5.32 Å². The Bertz CT molecular complexity index is 404. The molecule has 3 nitrogen and oxygen atoms in total. The van der Waals surface area contributed by atoms with Gasteiger partial charge in [0.1, 0.15) is 5.82 Å². The van der Waals surface area contributed by atoms with Crippen molar-refractivity contribution >= 4 is 5.97 Å². The highest BCUT2D eigenvalue weighted by Crippen LogP contribution is 2.25. The number of carbonyl (C=O) groups is 1. The Balaban J connectivity index is 2.38. The van der Waals surface area contributed by atoms with E-state index >= 15 is 0 Å². The summed E-state index contributed by atoms with van der Waals surface area (Å²) in [5.41, 5.74) is 1.62. The Kier molecular flexibility index (Phi) is 2.92. The van der Waals surface area contributed by atoms with Crippen LogP contribution < -0.4 is 5.32 Å². The van der Waals surface area contributed by atoms with E-state index in [0.29, 0.717) is 11.5 Å². The van der Waals surface area contributed by atoms with E-state index in [9.17, 15) is 9.18 Å². The second-order valence-electron chi connectivity index (χ2n) is 4.04. The summed E-state index contributed by atoms with van der Waals surface area (Å²) in [5, 5.41) is 3.13. The number of aryl methyl sites for hydroxylation is 1. The van der Waals surface area contributed by atoms with Crippen LogP contribution in [0.25, 0.3) is 0 Å². The van der Waals surface area contributed by atoms with Crippen LogP contribution in [0.1, 0.15) is 27.4 Å². The number of methoxy groups -OCH3 is 1. The monoisotopic (exact) mass is 223 g/mol. The molecule has 1 N–H and O–H groups in total. The highest BCUT2D eigenvalue weighted by molar-refractivity contribution is 5.91. The van der Waals surface area contributed by atoms with Crippen molar-refractivity contribution in [3.63, 3.8) is 0 Å². The summed E-state index contributed by atoms with van der Waals surface area (Å²) >= 11 is 0. The van der Waals surface area contributed by atoms with Gasteiger partial charge in [-0.1, -0.05) is 6.07 Å². The fraction of sp³-hybridized carbons (Fsp3) is 0.417. The Morgan fingerprint density at radius 1 is 1.50 bits per heavy atom.